The zero-order valence-corrected chi connectivity index (χ0v) is 10.5. The Labute approximate surface area is 110 Å². The second-order valence-corrected chi connectivity index (χ2v) is 4.69. The summed E-state index contributed by atoms with van der Waals surface area (Å²) < 4.78 is 4.92. The van der Waals surface area contributed by atoms with E-state index in [9.17, 15) is 14.4 Å². The van der Waals surface area contributed by atoms with Crippen molar-refractivity contribution in [2.45, 2.75) is 19.4 Å². The summed E-state index contributed by atoms with van der Waals surface area (Å²) in [4.78, 5) is 37.1. The number of imide groups is 1. The SMILES string of the molecule is CCOC(=O)[C@H]1C[C@@H]1N1C(=O)c2ccccc2C1=O. The van der Waals surface area contributed by atoms with Crippen LogP contribution in [0.4, 0.5) is 0 Å². The zero-order chi connectivity index (χ0) is 13.6. The van der Waals surface area contributed by atoms with Crippen LogP contribution in [0.15, 0.2) is 24.3 Å². The van der Waals surface area contributed by atoms with Crippen molar-refractivity contribution in [1.29, 1.82) is 0 Å². The highest BCUT2D eigenvalue weighted by molar-refractivity contribution is 6.22. The van der Waals surface area contributed by atoms with Gasteiger partial charge < -0.3 is 4.74 Å². The first-order valence-electron chi connectivity index (χ1n) is 6.28. The lowest BCUT2D eigenvalue weighted by molar-refractivity contribution is -0.144. The lowest BCUT2D eigenvalue weighted by Gasteiger charge is -2.13. The number of ether oxygens (including phenoxy) is 1. The van der Waals surface area contributed by atoms with Gasteiger partial charge in [0.2, 0.25) is 0 Å². The van der Waals surface area contributed by atoms with Gasteiger partial charge in [-0.3, -0.25) is 19.3 Å². The lowest BCUT2D eigenvalue weighted by atomic mass is 10.1. The van der Waals surface area contributed by atoms with Crippen molar-refractivity contribution in [3.63, 3.8) is 0 Å². The number of rotatable bonds is 3. The van der Waals surface area contributed by atoms with Gasteiger partial charge in [-0.25, -0.2) is 0 Å². The molecule has 0 spiro atoms. The Balaban J connectivity index is 1.81. The van der Waals surface area contributed by atoms with Crippen molar-refractivity contribution >= 4 is 17.8 Å². The molecule has 0 saturated heterocycles. The minimum absolute atomic E-state index is 0.308. The number of hydrogen-bond acceptors (Lipinski definition) is 4. The van der Waals surface area contributed by atoms with Crippen molar-refractivity contribution in [2.24, 2.45) is 5.92 Å². The number of esters is 1. The van der Waals surface area contributed by atoms with Crippen molar-refractivity contribution in [3.05, 3.63) is 35.4 Å². The van der Waals surface area contributed by atoms with Crippen LogP contribution in [0.25, 0.3) is 0 Å². The van der Waals surface area contributed by atoms with Crippen LogP contribution in [-0.4, -0.2) is 35.3 Å². The summed E-state index contributed by atoms with van der Waals surface area (Å²) in [7, 11) is 0. The molecule has 0 bridgehead atoms. The standard InChI is InChI=1S/C14H13NO4/c1-2-19-14(18)10-7-11(10)15-12(16)8-5-3-4-6-9(8)13(15)17/h3-6,10-11H,2,7H2,1H3/t10-,11-/m0/s1. The first-order valence-corrected chi connectivity index (χ1v) is 6.28. The quantitative estimate of drug-likeness (QED) is 0.605. The number of carbonyl (C=O) groups excluding carboxylic acids is 3. The Hall–Kier alpha value is -2.17. The lowest BCUT2D eigenvalue weighted by Crippen LogP contribution is -2.34. The summed E-state index contributed by atoms with van der Waals surface area (Å²) in [5.41, 5.74) is 0.837. The van der Waals surface area contributed by atoms with Crippen molar-refractivity contribution < 1.29 is 19.1 Å². The van der Waals surface area contributed by atoms with Crippen LogP contribution in [0.3, 0.4) is 0 Å². The fraction of sp³-hybridized carbons (Fsp3) is 0.357. The Kier molecular flexibility index (Phi) is 2.62. The van der Waals surface area contributed by atoms with Crippen LogP contribution in [-0.2, 0) is 9.53 Å². The molecule has 2 amide bonds. The maximum atomic E-state index is 12.2. The van der Waals surface area contributed by atoms with Gasteiger partial charge in [0.05, 0.1) is 29.7 Å². The van der Waals surface area contributed by atoms with E-state index in [0.717, 1.165) is 0 Å². The van der Waals surface area contributed by atoms with Crippen molar-refractivity contribution in [1.82, 2.24) is 4.90 Å². The van der Waals surface area contributed by atoms with Crippen molar-refractivity contribution in [2.75, 3.05) is 6.61 Å². The highest BCUT2D eigenvalue weighted by Gasteiger charge is 2.54. The Bertz CT molecular complexity index is 546. The monoisotopic (exact) mass is 259 g/mol. The average molecular weight is 259 g/mol. The first-order chi connectivity index (χ1) is 9.15. The second-order valence-electron chi connectivity index (χ2n) is 4.69. The zero-order valence-electron chi connectivity index (χ0n) is 10.5. The molecule has 98 valence electrons. The van der Waals surface area contributed by atoms with E-state index in [1.807, 2.05) is 0 Å². The van der Waals surface area contributed by atoms with Crippen LogP contribution < -0.4 is 0 Å². The highest BCUT2D eigenvalue weighted by atomic mass is 16.5. The molecule has 0 N–H and O–H groups in total. The first kappa shape index (κ1) is 11.9. The third kappa shape index (κ3) is 1.73. The molecule has 3 rings (SSSR count). The minimum Gasteiger partial charge on any atom is -0.466 e. The topological polar surface area (TPSA) is 63.7 Å². The van der Waals surface area contributed by atoms with Gasteiger partial charge in [0.25, 0.3) is 11.8 Å². The second kappa shape index (κ2) is 4.19. The van der Waals surface area contributed by atoms with Crippen LogP contribution >= 0.6 is 0 Å². The van der Waals surface area contributed by atoms with Gasteiger partial charge in [0.1, 0.15) is 0 Å². The Morgan fingerprint density at radius 2 is 1.84 bits per heavy atom. The third-order valence-corrected chi connectivity index (χ3v) is 3.50. The summed E-state index contributed by atoms with van der Waals surface area (Å²) in [5, 5.41) is 0. The van der Waals surface area contributed by atoms with Crippen molar-refractivity contribution in [3.8, 4) is 0 Å². The maximum Gasteiger partial charge on any atom is 0.311 e. The van der Waals surface area contributed by atoms with E-state index in [-0.39, 0.29) is 29.7 Å². The van der Waals surface area contributed by atoms with Crippen LogP contribution in [0.5, 0.6) is 0 Å². The van der Waals surface area contributed by atoms with E-state index in [4.69, 9.17) is 4.74 Å². The van der Waals surface area contributed by atoms with E-state index in [1.165, 1.54) is 4.90 Å². The number of benzene rings is 1. The molecule has 2 atom stereocenters. The molecule has 1 aromatic carbocycles. The summed E-state index contributed by atoms with van der Waals surface area (Å²) in [6, 6.07) is 6.38. The molecule has 0 unspecified atom stereocenters. The molecule has 1 heterocycles. The van der Waals surface area contributed by atoms with E-state index < -0.39 is 0 Å². The molecular weight excluding hydrogens is 246 g/mol. The van der Waals surface area contributed by atoms with Gasteiger partial charge >= 0.3 is 5.97 Å². The van der Waals surface area contributed by atoms with Crippen LogP contribution in [0, 0.1) is 5.92 Å². The predicted octanol–water partition coefficient (Wildman–Crippen LogP) is 1.23. The van der Waals surface area contributed by atoms with Crippen LogP contribution in [0.1, 0.15) is 34.1 Å². The maximum absolute atomic E-state index is 12.2. The van der Waals surface area contributed by atoms with Gasteiger partial charge in [-0.2, -0.15) is 0 Å². The predicted molar refractivity (Wildman–Crippen MR) is 65.5 cm³/mol. The minimum atomic E-state index is -0.359. The van der Waals surface area contributed by atoms with Gasteiger partial charge in [-0.15, -0.1) is 0 Å². The molecule has 1 aliphatic carbocycles. The molecule has 0 aromatic heterocycles. The average Bonchev–Trinajstić information content (AvgIpc) is 3.15. The number of hydrogen-bond donors (Lipinski definition) is 0. The van der Waals surface area contributed by atoms with Gasteiger partial charge in [-0.05, 0) is 25.5 Å². The normalized spacial score (nSPS) is 24.4. The van der Waals surface area contributed by atoms with Crippen LogP contribution in [0.2, 0.25) is 0 Å². The summed E-state index contributed by atoms with van der Waals surface area (Å²) in [6.07, 6.45) is 0.504. The molecule has 2 aliphatic rings. The number of nitrogens with zero attached hydrogens (tertiary/aromatic N) is 1. The summed E-state index contributed by atoms with van der Waals surface area (Å²) in [5.74, 6) is -1.30. The van der Waals surface area contributed by atoms with E-state index in [0.29, 0.717) is 24.2 Å². The molecule has 5 nitrogen and oxygen atoms in total. The number of amides is 2. The largest absolute Gasteiger partial charge is 0.466 e. The van der Waals surface area contributed by atoms with E-state index >= 15 is 0 Å². The summed E-state index contributed by atoms with van der Waals surface area (Å²) in [6.45, 7) is 2.04. The Morgan fingerprint density at radius 1 is 1.26 bits per heavy atom. The molecule has 0 radical (unpaired) electrons. The third-order valence-electron chi connectivity index (χ3n) is 3.50. The molecule has 1 aliphatic heterocycles. The van der Waals surface area contributed by atoms with E-state index in [2.05, 4.69) is 0 Å². The molecule has 1 fully saturated rings. The highest BCUT2D eigenvalue weighted by Crippen LogP contribution is 2.40. The van der Waals surface area contributed by atoms with Gasteiger partial charge in [0, 0.05) is 0 Å². The van der Waals surface area contributed by atoms with Gasteiger partial charge in [0.15, 0.2) is 0 Å². The molecular formula is C14H13NO4. The fourth-order valence-corrected chi connectivity index (χ4v) is 2.48. The van der Waals surface area contributed by atoms with Gasteiger partial charge in [-0.1, -0.05) is 12.1 Å². The Morgan fingerprint density at radius 3 is 2.37 bits per heavy atom. The summed E-state index contributed by atoms with van der Waals surface area (Å²) >= 11 is 0. The molecule has 19 heavy (non-hydrogen) atoms. The fourth-order valence-electron chi connectivity index (χ4n) is 2.48. The number of fused-ring (bicyclic) bond motifs is 1. The molecule has 5 heteroatoms. The molecule has 1 saturated carbocycles. The smallest absolute Gasteiger partial charge is 0.311 e. The van der Waals surface area contributed by atoms with E-state index in [1.54, 1.807) is 31.2 Å². The number of carbonyl (C=O) groups is 3. The molecule has 1 aromatic rings.